The summed E-state index contributed by atoms with van der Waals surface area (Å²) in [5, 5.41) is 3.15. The smallest absolute Gasteiger partial charge is 0.208 e. The Bertz CT molecular complexity index is 380. The van der Waals surface area contributed by atoms with E-state index in [2.05, 4.69) is 35.8 Å². The highest BCUT2D eigenvalue weighted by atomic mass is 32.2. The van der Waals surface area contributed by atoms with Crippen molar-refractivity contribution in [2.45, 2.75) is 52.5 Å². The molecule has 1 atom stereocenters. The first kappa shape index (κ1) is 19.2. The second-order valence-electron chi connectivity index (χ2n) is 5.66. The summed E-state index contributed by atoms with van der Waals surface area (Å²) < 4.78 is 24.1. The summed E-state index contributed by atoms with van der Waals surface area (Å²) in [7, 11) is -3.11. The van der Waals surface area contributed by atoms with E-state index >= 15 is 0 Å². The average Bonchev–Trinajstić information content (AvgIpc) is 2.26. The van der Waals surface area contributed by atoms with Gasteiger partial charge in [-0.15, -0.1) is 0 Å². The zero-order chi connectivity index (χ0) is 15.6. The highest BCUT2D eigenvalue weighted by molar-refractivity contribution is 7.88. The maximum Gasteiger partial charge on any atom is 0.208 e. The van der Waals surface area contributed by atoms with Gasteiger partial charge in [0, 0.05) is 19.1 Å². The van der Waals surface area contributed by atoms with E-state index in [1.165, 1.54) is 12.8 Å². The van der Waals surface area contributed by atoms with Crippen molar-refractivity contribution < 1.29 is 8.42 Å². The summed E-state index contributed by atoms with van der Waals surface area (Å²) in [5.74, 6) is 1.16. The van der Waals surface area contributed by atoms with Crippen LogP contribution in [0.4, 0.5) is 0 Å². The maximum atomic E-state index is 10.8. The molecule has 120 valence electrons. The van der Waals surface area contributed by atoms with Crippen LogP contribution in [0.5, 0.6) is 0 Å². The lowest BCUT2D eigenvalue weighted by atomic mass is 10.0. The number of nitrogens with two attached hydrogens (primary N) is 1. The van der Waals surface area contributed by atoms with Gasteiger partial charge in [-0.05, 0) is 25.7 Å². The number of rotatable bonds is 10. The van der Waals surface area contributed by atoms with Gasteiger partial charge in [-0.25, -0.2) is 13.1 Å². The Kier molecular flexibility index (Phi) is 9.58. The Morgan fingerprint density at radius 1 is 1.20 bits per heavy atom. The van der Waals surface area contributed by atoms with Gasteiger partial charge in [0.25, 0.3) is 0 Å². The average molecular weight is 306 g/mol. The van der Waals surface area contributed by atoms with Gasteiger partial charge in [-0.3, -0.25) is 4.99 Å². The molecule has 0 aromatic carbocycles. The number of hydrogen-bond donors (Lipinski definition) is 3. The van der Waals surface area contributed by atoms with E-state index in [4.69, 9.17) is 5.73 Å². The molecule has 4 N–H and O–H groups in total. The molecular weight excluding hydrogens is 276 g/mol. The molecule has 0 saturated heterocycles. The molecule has 0 aliphatic carbocycles. The molecule has 0 aliphatic rings. The molecule has 0 heterocycles. The molecule has 6 nitrogen and oxygen atoms in total. The minimum Gasteiger partial charge on any atom is -0.370 e. The van der Waals surface area contributed by atoms with Gasteiger partial charge in [0.15, 0.2) is 5.96 Å². The van der Waals surface area contributed by atoms with Crippen molar-refractivity contribution in [1.82, 2.24) is 10.0 Å². The van der Waals surface area contributed by atoms with Gasteiger partial charge in [-0.1, -0.05) is 26.7 Å². The molecule has 7 heteroatoms. The predicted octanol–water partition coefficient (Wildman–Crippen LogP) is 1.04. The minimum absolute atomic E-state index is 0.312. The van der Waals surface area contributed by atoms with Gasteiger partial charge < -0.3 is 11.1 Å². The quantitative estimate of drug-likeness (QED) is 0.319. The molecule has 0 aromatic heterocycles. The molecular formula is C13H30N4O2S. The largest absolute Gasteiger partial charge is 0.370 e. The molecule has 1 unspecified atom stereocenters. The number of nitrogens with one attached hydrogen (secondary N) is 2. The third kappa shape index (κ3) is 13.6. The third-order valence-electron chi connectivity index (χ3n) is 2.79. The van der Waals surface area contributed by atoms with E-state index in [-0.39, 0.29) is 0 Å². The van der Waals surface area contributed by atoms with Crippen LogP contribution < -0.4 is 15.8 Å². The van der Waals surface area contributed by atoms with E-state index in [1.807, 2.05) is 0 Å². The fraction of sp³-hybridized carbons (Fsp3) is 0.923. The van der Waals surface area contributed by atoms with Gasteiger partial charge in [0.05, 0.1) is 6.26 Å². The SMILES string of the molecule is CC(C)CCCC(C)NC(N)=NCCCNS(C)(=O)=O. The Morgan fingerprint density at radius 2 is 1.85 bits per heavy atom. The van der Waals surface area contributed by atoms with Crippen molar-refractivity contribution in [1.29, 1.82) is 0 Å². The Hall–Kier alpha value is -0.820. The van der Waals surface area contributed by atoms with Crippen LogP contribution in [0.3, 0.4) is 0 Å². The molecule has 0 bridgehead atoms. The lowest BCUT2D eigenvalue weighted by Gasteiger charge is -2.15. The number of nitrogens with zero attached hydrogens (tertiary/aromatic N) is 1. The van der Waals surface area contributed by atoms with E-state index < -0.39 is 10.0 Å². The standard InChI is InChI=1S/C13H30N4O2S/c1-11(2)7-5-8-12(3)17-13(14)15-9-6-10-16-20(4,18)19/h11-12,16H,5-10H2,1-4H3,(H3,14,15,17). The summed E-state index contributed by atoms with van der Waals surface area (Å²) in [6.45, 7) is 7.43. The van der Waals surface area contributed by atoms with Crippen LogP contribution in [0, 0.1) is 5.92 Å². The highest BCUT2D eigenvalue weighted by Crippen LogP contribution is 2.07. The monoisotopic (exact) mass is 306 g/mol. The van der Waals surface area contributed by atoms with Crippen LogP contribution in [0.2, 0.25) is 0 Å². The van der Waals surface area contributed by atoms with Crippen molar-refractivity contribution in [3.8, 4) is 0 Å². The van der Waals surface area contributed by atoms with Crippen LogP contribution in [0.1, 0.15) is 46.5 Å². The van der Waals surface area contributed by atoms with Crippen molar-refractivity contribution in [3.05, 3.63) is 0 Å². The first-order chi connectivity index (χ1) is 9.20. The van der Waals surface area contributed by atoms with Crippen LogP contribution in [0.25, 0.3) is 0 Å². The second-order valence-corrected chi connectivity index (χ2v) is 7.49. The van der Waals surface area contributed by atoms with Gasteiger partial charge >= 0.3 is 0 Å². The fourth-order valence-corrected chi connectivity index (χ4v) is 2.25. The van der Waals surface area contributed by atoms with Crippen LogP contribution in [0.15, 0.2) is 4.99 Å². The first-order valence-electron chi connectivity index (χ1n) is 7.21. The predicted molar refractivity (Wildman–Crippen MR) is 85.2 cm³/mol. The summed E-state index contributed by atoms with van der Waals surface area (Å²) in [6.07, 6.45) is 5.25. The van der Waals surface area contributed by atoms with E-state index in [9.17, 15) is 8.42 Å². The number of guanidine groups is 1. The molecule has 20 heavy (non-hydrogen) atoms. The Balaban J connectivity index is 3.73. The topological polar surface area (TPSA) is 96.6 Å². The van der Waals surface area contributed by atoms with Gasteiger partial charge in [0.2, 0.25) is 10.0 Å². The summed E-state index contributed by atoms with van der Waals surface area (Å²) in [5.41, 5.74) is 5.77. The fourth-order valence-electron chi connectivity index (χ4n) is 1.74. The summed E-state index contributed by atoms with van der Waals surface area (Å²) in [6, 6.07) is 0.312. The third-order valence-corrected chi connectivity index (χ3v) is 3.52. The molecule has 0 rings (SSSR count). The van der Waals surface area contributed by atoms with E-state index in [0.717, 1.165) is 18.6 Å². The van der Waals surface area contributed by atoms with Crippen molar-refractivity contribution >= 4 is 16.0 Å². The summed E-state index contributed by atoms with van der Waals surface area (Å²) >= 11 is 0. The Morgan fingerprint density at radius 3 is 2.40 bits per heavy atom. The molecule has 0 radical (unpaired) electrons. The van der Waals surface area contributed by atoms with Gasteiger partial charge in [-0.2, -0.15) is 0 Å². The molecule has 0 amide bonds. The first-order valence-corrected chi connectivity index (χ1v) is 9.11. The van der Waals surface area contributed by atoms with Crippen molar-refractivity contribution in [3.63, 3.8) is 0 Å². The van der Waals surface area contributed by atoms with E-state index in [1.54, 1.807) is 0 Å². The van der Waals surface area contributed by atoms with Crippen molar-refractivity contribution in [2.75, 3.05) is 19.3 Å². The number of aliphatic imine (C=N–C) groups is 1. The van der Waals surface area contributed by atoms with E-state index in [0.29, 0.717) is 31.5 Å². The zero-order valence-electron chi connectivity index (χ0n) is 13.1. The van der Waals surface area contributed by atoms with Crippen LogP contribution in [-0.4, -0.2) is 39.8 Å². The lowest BCUT2D eigenvalue weighted by molar-refractivity contribution is 0.493. The molecule has 0 aliphatic heterocycles. The lowest BCUT2D eigenvalue weighted by Crippen LogP contribution is -2.38. The normalized spacial score (nSPS) is 14.6. The zero-order valence-corrected chi connectivity index (χ0v) is 14.0. The summed E-state index contributed by atoms with van der Waals surface area (Å²) in [4.78, 5) is 4.18. The van der Waals surface area contributed by atoms with Crippen LogP contribution in [-0.2, 0) is 10.0 Å². The minimum atomic E-state index is -3.11. The van der Waals surface area contributed by atoms with Crippen molar-refractivity contribution in [2.24, 2.45) is 16.6 Å². The molecule has 0 saturated carbocycles. The second kappa shape index (κ2) is 9.99. The Labute approximate surface area is 123 Å². The van der Waals surface area contributed by atoms with Gasteiger partial charge in [0.1, 0.15) is 0 Å². The number of hydrogen-bond acceptors (Lipinski definition) is 3. The molecule has 0 fully saturated rings. The number of sulfonamides is 1. The molecule has 0 spiro atoms. The molecule has 0 aromatic rings. The van der Waals surface area contributed by atoms with Crippen LogP contribution >= 0.6 is 0 Å². The maximum absolute atomic E-state index is 10.8. The highest BCUT2D eigenvalue weighted by Gasteiger charge is 2.03.